The van der Waals surface area contributed by atoms with Crippen LogP contribution in [0.2, 0.25) is 0 Å². The van der Waals surface area contributed by atoms with E-state index in [-0.39, 0.29) is 0 Å². The lowest BCUT2D eigenvalue weighted by atomic mass is 10.1. The van der Waals surface area contributed by atoms with Gasteiger partial charge in [0.2, 0.25) is 0 Å². The van der Waals surface area contributed by atoms with E-state index in [2.05, 4.69) is 70.3 Å². The van der Waals surface area contributed by atoms with Crippen LogP contribution in [0.25, 0.3) is 0 Å². The molecule has 0 aliphatic rings. The van der Waals surface area contributed by atoms with Crippen molar-refractivity contribution in [2.24, 2.45) is 0 Å². The van der Waals surface area contributed by atoms with Crippen molar-refractivity contribution in [2.45, 2.75) is 12.8 Å². The molecule has 0 fully saturated rings. The number of aryl methyl sites for hydroxylation is 1. The van der Waals surface area contributed by atoms with Crippen molar-refractivity contribution in [1.82, 2.24) is 0 Å². The molecule has 0 atom stereocenters. The van der Waals surface area contributed by atoms with Crippen molar-refractivity contribution in [1.29, 1.82) is 0 Å². The maximum absolute atomic E-state index is 3.83. The van der Waals surface area contributed by atoms with Crippen LogP contribution < -0.4 is 0 Å². The molecule has 0 saturated heterocycles. The maximum Gasteiger partial charge on any atom is 0.0266 e. The minimum absolute atomic E-state index is 0.983. The summed E-state index contributed by atoms with van der Waals surface area (Å²) in [6.07, 6.45) is 2.07. The van der Waals surface area contributed by atoms with Gasteiger partial charge in [-0.05, 0) is 75.7 Å². The third-order valence-corrected chi connectivity index (χ3v) is 4.31. The molecule has 1 aromatic carbocycles. The van der Waals surface area contributed by atoms with E-state index in [4.69, 9.17) is 0 Å². The molecule has 59 valence electrons. The Bertz CT molecular complexity index is 243. The van der Waals surface area contributed by atoms with Gasteiger partial charge >= 0.3 is 0 Å². The van der Waals surface area contributed by atoms with Gasteiger partial charge in [-0.3, -0.25) is 0 Å². The zero-order chi connectivity index (χ0) is 8.27. The smallest absolute Gasteiger partial charge is 0.0266 e. The van der Waals surface area contributed by atoms with E-state index < -0.39 is 0 Å². The average Bonchev–Trinajstić information content (AvgIpc) is 1.98. The normalized spacial score (nSPS) is 10.1. The highest BCUT2D eigenvalue weighted by atomic mass is 127. The van der Waals surface area contributed by atoms with Gasteiger partial charge in [0, 0.05) is 7.14 Å². The first-order chi connectivity index (χ1) is 5.24. The molecule has 0 aromatic heterocycles. The Labute approximate surface area is 95.0 Å². The lowest BCUT2D eigenvalue weighted by Gasteiger charge is -2.00. The topological polar surface area (TPSA) is 0 Å². The first-order valence-electron chi connectivity index (χ1n) is 3.47. The van der Waals surface area contributed by atoms with Gasteiger partial charge in [-0.15, -0.1) is 0 Å². The van der Waals surface area contributed by atoms with Gasteiger partial charge in [-0.25, -0.2) is 0 Å². The standard InChI is InChI=1S/C9H9I2/c1-2-3-7-4-5-8(10)9(11)6-7/h4-6H,1-3H2. The fourth-order valence-electron chi connectivity index (χ4n) is 0.899. The third kappa shape index (κ3) is 2.89. The molecule has 0 aliphatic carbocycles. The van der Waals surface area contributed by atoms with E-state index in [1.165, 1.54) is 12.7 Å². The highest BCUT2D eigenvalue weighted by Gasteiger charge is 1.96. The first kappa shape index (κ1) is 9.77. The fourth-order valence-corrected chi connectivity index (χ4v) is 1.81. The van der Waals surface area contributed by atoms with Gasteiger partial charge in [0.15, 0.2) is 0 Å². The second-order valence-electron chi connectivity index (χ2n) is 2.35. The lowest BCUT2D eigenvalue weighted by Crippen LogP contribution is -1.86. The van der Waals surface area contributed by atoms with Crippen molar-refractivity contribution >= 4 is 45.2 Å². The highest BCUT2D eigenvalue weighted by molar-refractivity contribution is 14.1. The Morgan fingerprint density at radius 1 is 1.18 bits per heavy atom. The first-order valence-corrected chi connectivity index (χ1v) is 5.63. The Hall–Kier alpha value is 0.680. The van der Waals surface area contributed by atoms with Crippen LogP contribution in [0.3, 0.4) is 0 Å². The summed E-state index contributed by atoms with van der Waals surface area (Å²) in [6.45, 7) is 3.83. The van der Waals surface area contributed by atoms with Crippen LogP contribution in [0, 0.1) is 14.1 Å². The van der Waals surface area contributed by atoms with Crippen molar-refractivity contribution in [3.63, 3.8) is 0 Å². The van der Waals surface area contributed by atoms with Gasteiger partial charge < -0.3 is 0 Å². The predicted molar refractivity (Wildman–Crippen MR) is 65.6 cm³/mol. The van der Waals surface area contributed by atoms with Crippen LogP contribution in [-0.4, -0.2) is 0 Å². The molecule has 0 amide bonds. The van der Waals surface area contributed by atoms with Gasteiger partial charge in [0.1, 0.15) is 0 Å². The maximum atomic E-state index is 3.83. The summed E-state index contributed by atoms with van der Waals surface area (Å²) in [6, 6.07) is 6.57. The van der Waals surface area contributed by atoms with Crippen molar-refractivity contribution in [3.05, 3.63) is 37.8 Å². The Morgan fingerprint density at radius 3 is 2.45 bits per heavy atom. The van der Waals surface area contributed by atoms with Crippen LogP contribution in [-0.2, 0) is 6.42 Å². The largest absolute Gasteiger partial charge is 0.0579 e. The highest BCUT2D eigenvalue weighted by Crippen LogP contribution is 2.17. The number of benzene rings is 1. The molecule has 0 heterocycles. The molecule has 1 radical (unpaired) electrons. The number of halogens is 2. The molecule has 0 unspecified atom stereocenters. The van der Waals surface area contributed by atoms with Crippen molar-refractivity contribution in [3.8, 4) is 0 Å². The van der Waals surface area contributed by atoms with E-state index in [1.807, 2.05) is 0 Å². The third-order valence-electron chi connectivity index (χ3n) is 1.45. The summed E-state index contributed by atoms with van der Waals surface area (Å²) in [4.78, 5) is 0. The molecule has 1 rings (SSSR count). The Morgan fingerprint density at radius 2 is 1.91 bits per heavy atom. The second kappa shape index (κ2) is 4.64. The van der Waals surface area contributed by atoms with E-state index in [1.54, 1.807) is 0 Å². The van der Waals surface area contributed by atoms with Crippen LogP contribution in [0.15, 0.2) is 18.2 Å². The van der Waals surface area contributed by atoms with E-state index in [0.717, 1.165) is 12.8 Å². The van der Waals surface area contributed by atoms with Crippen molar-refractivity contribution in [2.75, 3.05) is 0 Å². The van der Waals surface area contributed by atoms with Crippen LogP contribution in [0.1, 0.15) is 12.0 Å². The molecule has 2 heteroatoms. The summed E-state index contributed by atoms with van der Waals surface area (Å²) in [5.41, 5.74) is 1.39. The van der Waals surface area contributed by atoms with Crippen molar-refractivity contribution < 1.29 is 0 Å². The van der Waals surface area contributed by atoms with E-state index in [9.17, 15) is 0 Å². The minimum atomic E-state index is 0.983. The number of hydrogen-bond acceptors (Lipinski definition) is 0. The second-order valence-corrected chi connectivity index (χ2v) is 4.68. The zero-order valence-corrected chi connectivity index (χ0v) is 10.4. The summed E-state index contributed by atoms with van der Waals surface area (Å²) in [5.74, 6) is 0. The summed E-state index contributed by atoms with van der Waals surface area (Å²) in [5, 5.41) is 0. The summed E-state index contributed by atoms with van der Waals surface area (Å²) >= 11 is 4.71. The molecule has 0 spiro atoms. The Balaban J connectivity index is 2.86. The van der Waals surface area contributed by atoms with Crippen LogP contribution in [0.5, 0.6) is 0 Å². The molecule has 0 nitrogen and oxygen atoms in total. The minimum Gasteiger partial charge on any atom is -0.0579 e. The average molecular weight is 371 g/mol. The molecule has 0 bridgehead atoms. The quantitative estimate of drug-likeness (QED) is 0.697. The Kier molecular flexibility index (Phi) is 4.12. The van der Waals surface area contributed by atoms with Crippen LogP contribution in [0.4, 0.5) is 0 Å². The van der Waals surface area contributed by atoms with Gasteiger partial charge in [0.05, 0.1) is 0 Å². The fraction of sp³-hybridized carbons (Fsp3) is 0.222. The monoisotopic (exact) mass is 371 g/mol. The van der Waals surface area contributed by atoms with Gasteiger partial charge in [-0.2, -0.15) is 0 Å². The SMILES string of the molecule is [CH2]CCc1ccc(I)c(I)c1. The summed E-state index contributed by atoms with van der Waals surface area (Å²) in [7, 11) is 0. The van der Waals surface area contributed by atoms with E-state index in [0.29, 0.717) is 0 Å². The number of hydrogen-bond donors (Lipinski definition) is 0. The van der Waals surface area contributed by atoms with Gasteiger partial charge in [-0.1, -0.05) is 13.0 Å². The number of rotatable bonds is 2. The molecule has 0 N–H and O–H groups in total. The van der Waals surface area contributed by atoms with Gasteiger partial charge in [0.25, 0.3) is 0 Å². The van der Waals surface area contributed by atoms with E-state index >= 15 is 0 Å². The lowest BCUT2D eigenvalue weighted by molar-refractivity contribution is 0.997. The zero-order valence-electron chi connectivity index (χ0n) is 6.11. The van der Waals surface area contributed by atoms with Crippen LogP contribution >= 0.6 is 45.2 Å². The molecular formula is C9H9I2. The predicted octanol–water partition coefficient (Wildman–Crippen LogP) is 3.66. The molecule has 1 aromatic rings. The molecule has 11 heavy (non-hydrogen) atoms. The molecule has 0 saturated carbocycles. The molecule has 0 aliphatic heterocycles. The summed E-state index contributed by atoms with van der Waals surface area (Å²) < 4.78 is 2.67. The molecular weight excluding hydrogens is 362 g/mol.